The highest BCUT2D eigenvalue weighted by Crippen LogP contribution is 2.22. The van der Waals surface area contributed by atoms with Gasteiger partial charge < -0.3 is 35.3 Å². The first-order valence-electron chi connectivity index (χ1n) is 5.79. The van der Waals surface area contributed by atoms with Crippen LogP contribution in [0.5, 0.6) is 5.75 Å². The van der Waals surface area contributed by atoms with Crippen molar-refractivity contribution in [3.8, 4) is 5.75 Å². The molecule has 0 atom stereocenters. The predicted molar refractivity (Wildman–Crippen MR) is 64.2 cm³/mol. The Kier molecular flexibility index (Phi) is 7.29. The average Bonchev–Trinajstić information content (AvgIpc) is 2.32. The lowest BCUT2D eigenvalue weighted by Crippen LogP contribution is -3.00. The van der Waals surface area contributed by atoms with E-state index in [-0.39, 0.29) is 24.8 Å². The van der Waals surface area contributed by atoms with Crippen molar-refractivity contribution in [1.82, 2.24) is 0 Å². The zero-order valence-electron chi connectivity index (χ0n) is 10.9. The van der Waals surface area contributed by atoms with Gasteiger partial charge in [-0.3, -0.25) is 0 Å². The summed E-state index contributed by atoms with van der Waals surface area (Å²) in [5.74, 6) is 0.956. The molecular weight excluding hydrogens is 271 g/mol. The van der Waals surface area contributed by atoms with Gasteiger partial charge in [0.25, 0.3) is 0 Å². The number of nitrogens with zero attached hydrogens (tertiary/aromatic N) is 1. The van der Waals surface area contributed by atoms with Gasteiger partial charge in [0.2, 0.25) is 0 Å². The molecule has 0 unspecified atom stereocenters. The minimum absolute atomic E-state index is 0. The van der Waals surface area contributed by atoms with E-state index in [1.807, 2.05) is 6.07 Å². The molecule has 0 radical (unpaired) electrons. The number of hydrogen-bond acceptors (Lipinski definition) is 1. The SMILES string of the molecule is COc1ccc2c(c1)CC[N+](C)=C2CC[NH3+].[Cl-].[Cl-]. The number of fused-ring (bicyclic) bond motifs is 1. The lowest BCUT2D eigenvalue weighted by molar-refractivity contribution is -0.500. The molecule has 102 valence electrons. The molecule has 5 heteroatoms. The summed E-state index contributed by atoms with van der Waals surface area (Å²) in [4.78, 5) is 0. The van der Waals surface area contributed by atoms with Crippen LogP contribution in [0.2, 0.25) is 0 Å². The highest BCUT2D eigenvalue weighted by molar-refractivity contribution is 5.98. The van der Waals surface area contributed by atoms with E-state index < -0.39 is 0 Å². The monoisotopic (exact) mass is 290 g/mol. The molecule has 0 fully saturated rings. The molecule has 0 spiro atoms. The molecule has 3 nitrogen and oxygen atoms in total. The van der Waals surface area contributed by atoms with Crippen LogP contribution in [0.4, 0.5) is 0 Å². The quantitative estimate of drug-likeness (QED) is 0.554. The van der Waals surface area contributed by atoms with Crippen LogP contribution in [0, 0.1) is 0 Å². The zero-order valence-corrected chi connectivity index (χ0v) is 12.4. The van der Waals surface area contributed by atoms with Gasteiger partial charge in [-0.05, 0) is 23.8 Å². The molecule has 3 N–H and O–H groups in total. The van der Waals surface area contributed by atoms with Gasteiger partial charge in [0, 0.05) is 12.0 Å². The molecule has 0 saturated carbocycles. The second-order valence-electron chi connectivity index (χ2n) is 4.24. The summed E-state index contributed by atoms with van der Waals surface area (Å²) in [6.07, 6.45) is 2.15. The Labute approximate surface area is 121 Å². The van der Waals surface area contributed by atoms with E-state index in [0.717, 1.165) is 31.7 Å². The number of hydrogen-bond donors (Lipinski definition) is 1. The van der Waals surface area contributed by atoms with Crippen molar-refractivity contribution in [3.05, 3.63) is 29.3 Å². The minimum Gasteiger partial charge on any atom is -1.00 e. The van der Waals surface area contributed by atoms with E-state index in [1.165, 1.54) is 16.8 Å². The normalized spacial score (nSPS) is 13.3. The summed E-state index contributed by atoms with van der Waals surface area (Å²) >= 11 is 0. The third-order valence-corrected chi connectivity index (χ3v) is 3.21. The summed E-state index contributed by atoms with van der Waals surface area (Å²) in [7, 11) is 3.88. The van der Waals surface area contributed by atoms with Gasteiger partial charge in [0.15, 0.2) is 5.71 Å². The zero-order chi connectivity index (χ0) is 11.5. The fourth-order valence-corrected chi connectivity index (χ4v) is 2.31. The molecule has 0 aromatic heterocycles. The first-order valence-corrected chi connectivity index (χ1v) is 5.79. The highest BCUT2D eigenvalue weighted by Gasteiger charge is 2.23. The van der Waals surface area contributed by atoms with E-state index in [4.69, 9.17) is 4.74 Å². The van der Waals surface area contributed by atoms with Gasteiger partial charge in [-0.25, -0.2) is 4.58 Å². The third-order valence-electron chi connectivity index (χ3n) is 3.21. The van der Waals surface area contributed by atoms with Crippen LogP contribution < -0.4 is 35.3 Å². The van der Waals surface area contributed by atoms with Crippen LogP contribution in [0.25, 0.3) is 0 Å². The number of benzene rings is 1. The van der Waals surface area contributed by atoms with E-state index in [0.29, 0.717) is 0 Å². The van der Waals surface area contributed by atoms with Crippen molar-refractivity contribution in [3.63, 3.8) is 0 Å². The molecule has 2 rings (SSSR count). The molecule has 1 aromatic rings. The van der Waals surface area contributed by atoms with E-state index in [1.54, 1.807) is 7.11 Å². The Morgan fingerprint density at radius 3 is 2.67 bits per heavy atom. The summed E-state index contributed by atoms with van der Waals surface area (Å²) in [5.41, 5.74) is 8.14. The number of quaternary nitrogens is 1. The number of rotatable bonds is 3. The topological polar surface area (TPSA) is 39.9 Å². The van der Waals surface area contributed by atoms with Crippen LogP contribution in [-0.2, 0) is 6.42 Å². The molecule has 1 aliphatic rings. The van der Waals surface area contributed by atoms with Gasteiger partial charge in [0.05, 0.1) is 20.1 Å². The second kappa shape index (κ2) is 7.62. The lowest BCUT2D eigenvalue weighted by Gasteiger charge is -2.16. The maximum Gasteiger partial charge on any atom is 0.189 e. The van der Waals surface area contributed by atoms with E-state index >= 15 is 0 Å². The van der Waals surface area contributed by atoms with Gasteiger partial charge >= 0.3 is 0 Å². The summed E-state index contributed by atoms with van der Waals surface area (Å²) in [5, 5.41) is 0. The van der Waals surface area contributed by atoms with Crippen LogP contribution in [0.3, 0.4) is 0 Å². The van der Waals surface area contributed by atoms with Crippen LogP contribution in [0.1, 0.15) is 17.5 Å². The molecule has 0 bridgehead atoms. The van der Waals surface area contributed by atoms with Gasteiger partial charge in [-0.15, -0.1) is 0 Å². The van der Waals surface area contributed by atoms with E-state index in [2.05, 4.69) is 29.5 Å². The Balaban J connectivity index is 0.00000144. The largest absolute Gasteiger partial charge is 1.00 e. The highest BCUT2D eigenvalue weighted by atomic mass is 35.5. The fourth-order valence-electron chi connectivity index (χ4n) is 2.31. The van der Waals surface area contributed by atoms with E-state index in [9.17, 15) is 0 Å². The van der Waals surface area contributed by atoms with Crippen molar-refractivity contribution in [1.29, 1.82) is 0 Å². The molecule has 18 heavy (non-hydrogen) atoms. The van der Waals surface area contributed by atoms with Crippen LogP contribution in [-0.4, -0.2) is 37.5 Å². The molecular formula is C13H20Cl2N2O. The minimum atomic E-state index is 0. The molecule has 1 heterocycles. The van der Waals surface area contributed by atoms with Crippen molar-refractivity contribution < 1.29 is 39.9 Å². The van der Waals surface area contributed by atoms with Crippen LogP contribution >= 0.6 is 0 Å². The predicted octanol–water partition coefficient (Wildman–Crippen LogP) is -5.68. The van der Waals surface area contributed by atoms with Crippen molar-refractivity contribution in [2.24, 2.45) is 0 Å². The summed E-state index contributed by atoms with van der Waals surface area (Å²) in [6.45, 7) is 2.04. The fraction of sp³-hybridized carbons (Fsp3) is 0.462. The molecule has 0 saturated heterocycles. The number of ether oxygens (including phenoxy) is 1. The summed E-state index contributed by atoms with van der Waals surface area (Å²) < 4.78 is 7.61. The standard InChI is InChI=1S/C13H19N2O.2ClH/c1-15-8-6-10-9-11(16-2)3-4-12(10)13(15)5-7-14;;/h3-4,9H,5-8,14H2,1-2H3;2*1H/q+1;;/p-1. The van der Waals surface area contributed by atoms with Crippen molar-refractivity contribution in [2.75, 3.05) is 27.2 Å². The smallest absolute Gasteiger partial charge is 0.189 e. The Morgan fingerprint density at radius 1 is 1.33 bits per heavy atom. The number of methoxy groups -OCH3 is 1. The Bertz CT molecular complexity index is 433. The van der Waals surface area contributed by atoms with Crippen molar-refractivity contribution in [2.45, 2.75) is 12.8 Å². The maximum absolute atomic E-state index is 5.27. The average molecular weight is 291 g/mol. The van der Waals surface area contributed by atoms with Crippen molar-refractivity contribution >= 4 is 5.71 Å². The molecule has 1 aliphatic heterocycles. The lowest BCUT2D eigenvalue weighted by atomic mass is 9.95. The second-order valence-corrected chi connectivity index (χ2v) is 4.24. The van der Waals surface area contributed by atoms with Gasteiger partial charge in [0.1, 0.15) is 19.3 Å². The first-order chi connectivity index (χ1) is 7.76. The molecule has 1 aromatic carbocycles. The maximum atomic E-state index is 5.27. The first kappa shape index (κ1) is 17.2. The Hall–Kier alpha value is -0.770. The molecule has 0 amide bonds. The third kappa shape index (κ3) is 3.37. The molecule has 0 aliphatic carbocycles. The van der Waals surface area contributed by atoms with Gasteiger partial charge in [-0.2, -0.15) is 0 Å². The Morgan fingerprint density at radius 2 is 2.06 bits per heavy atom. The van der Waals surface area contributed by atoms with Gasteiger partial charge in [-0.1, -0.05) is 0 Å². The summed E-state index contributed by atoms with van der Waals surface area (Å²) in [6, 6.07) is 6.38. The number of halogens is 2. The van der Waals surface area contributed by atoms with Crippen LogP contribution in [0.15, 0.2) is 18.2 Å². The number of likely N-dealkylation sites (N-methyl/N-ethyl adjacent to an activating group) is 1.